The number of alkyl halides is 6. The molecule has 2 aromatic carbocycles. The van der Waals surface area contributed by atoms with Gasteiger partial charge in [0.05, 0.1) is 34.9 Å². The summed E-state index contributed by atoms with van der Waals surface area (Å²) < 4.78 is 74.5. The average Bonchev–Trinajstić information content (AvgIpc) is 3.02. The molecule has 0 amide bonds. The fourth-order valence-electron chi connectivity index (χ4n) is 3.03. The third-order valence-corrected chi connectivity index (χ3v) is 5.37. The second kappa shape index (κ2) is 16.2. The van der Waals surface area contributed by atoms with E-state index in [0.717, 1.165) is 48.5 Å². The van der Waals surface area contributed by atoms with Crippen LogP contribution in [0.1, 0.15) is 47.5 Å². The fraction of sp³-hybridized carbons (Fsp3) is 0.143. The van der Waals surface area contributed by atoms with Crippen LogP contribution in [0.2, 0.25) is 0 Å². The maximum atomic E-state index is 12.4. The Kier molecular flexibility index (Phi) is 13.0. The van der Waals surface area contributed by atoms with Crippen LogP contribution in [-0.2, 0) is 29.4 Å². The number of halogens is 6. The van der Waals surface area contributed by atoms with Gasteiger partial charge in [0.15, 0.2) is 0 Å². The summed E-state index contributed by atoms with van der Waals surface area (Å²) in [6.45, 7) is 3.18. The molecule has 0 spiro atoms. The van der Waals surface area contributed by atoms with Gasteiger partial charge in [0.2, 0.25) is 0 Å². The van der Waals surface area contributed by atoms with E-state index in [4.69, 9.17) is 0 Å². The van der Waals surface area contributed by atoms with Crippen LogP contribution < -0.4 is 10.2 Å². The van der Waals surface area contributed by atoms with Crippen molar-refractivity contribution in [2.45, 2.75) is 26.2 Å². The van der Waals surface area contributed by atoms with E-state index < -0.39 is 35.3 Å². The molecule has 2 heterocycles. The molecule has 45 heavy (non-hydrogen) atoms. The predicted molar refractivity (Wildman–Crippen MR) is 144 cm³/mol. The number of nitrogens with zero attached hydrogens (tertiary/aromatic N) is 8. The molecule has 0 N–H and O–H groups in total. The van der Waals surface area contributed by atoms with Gasteiger partial charge >= 0.3 is 29.4 Å². The molecular formula is C28H20F6FeN8O2. The second-order valence-electron chi connectivity index (χ2n) is 8.51. The molecule has 17 heteroatoms. The second-order valence-corrected chi connectivity index (χ2v) is 8.51. The summed E-state index contributed by atoms with van der Waals surface area (Å²) in [5.74, 6) is -1.48. The minimum atomic E-state index is -4.44. The van der Waals surface area contributed by atoms with E-state index in [1.807, 2.05) is 0 Å². The molecule has 0 aliphatic rings. The summed E-state index contributed by atoms with van der Waals surface area (Å²) >= 11 is 0. The Morgan fingerprint density at radius 1 is 0.556 bits per heavy atom. The van der Waals surface area contributed by atoms with Gasteiger partial charge in [-0.25, -0.2) is 0 Å². The minimum Gasteiger partial charge on any atom is -0.857 e. The largest absolute Gasteiger partial charge is 2.00 e. The van der Waals surface area contributed by atoms with Crippen LogP contribution in [0.4, 0.5) is 26.3 Å². The number of rotatable bonds is 6. The van der Waals surface area contributed by atoms with Crippen LogP contribution in [-0.4, -0.2) is 43.2 Å². The molecule has 0 saturated heterocycles. The van der Waals surface area contributed by atoms with E-state index in [2.05, 4.69) is 40.3 Å². The van der Waals surface area contributed by atoms with Gasteiger partial charge in [0, 0.05) is 36.6 Å². The molecule has 0 radical (unpaired) electrons. The normalized spacial score (nSPS) is 13.0. The molecule has 0 bridgehead atoms. The number of hydrogen-bond acceptors (Lipinski definition) is 10. The van der Waals surface area contributed by atoms with Gasteiger partial charge < -0.3 is 10.2 Å². The molecule has 0 aliphatic heterocycles. The third kappa shape index (κ3) is 11.2. The summed E-state index contributed by atoms with van der Waals surface area (Å²) in [6, 6.07) is 7.52. The van der Waals surface area contributed by atoms with E-state index in [-0.39, 0.29) is 28.2 Å². The first-order valence-electron chi connectivity index (χ1n) is 12.2. The molecule has 0 aliphatic carbocycles. The average molecular weight is 670 g/mol. The molecular weight excluding hydrogens is 650 g/mol. The zero-order chi connectivity index (χ0) is 32.3. The zero-order valence-corrected chi connectivity index (χ0v) is 24.2. The maximum Gasteiger partial charge on any atom is 2.00 e. The van der Waals surface area contributed by atoms with Crippen molar-refractivity contribution in [1.82, 2.24) is 19.9 Å². The first kappa shape index (κ1) is 36.2. The van der Waals surface area contributed by atoms with Gasteiger partial charge in [-0.3, -0.25) is 19.9 Å². The fourth-order valence-corrected chi connectivity index (χ4v) is 3.03. The van der Waals surface area contributed by atoms with Crippen molar-refractivity contribution < 1.29 is 53.6 Å². The van der Waals surface area contributed by atoms with E-state index >= 15 is 0 Å². The van der Waals surface area contributed by atoms with Crippen molar-refractivity contribution in [3.05, 3.63) is 119 Å². The number of benzene rings is 2. The molecule has 0 fully saturated rings. The van der Waals surface area contributed by atoms with Crippen molar-refractivity contribution in [2.75, 3.05) is 0 Å². The van der Waals surface area contributed by atoms with Gasteiger partial charge in [-0.15, -0.1) is 0 Å². The van der Waals surface area contributed by atoms with Crippen LogP contribution >= 0.6 is 0 Å². The molecule has 4 aromatic rings. The Labute approximate surface area is 262 Å². The van der Waals surface area contributed by atoms with Crippen molar-refractivity contribution in [3.8, 4) is 0 Å². The molecule has 234 valence electrons. The monoisotopic (exact) mass is 670 g/mol. The van der Waals surface area contributed by atoms with Crippen LogP contribution in [0.5, 0.6) is 0 Å². The van der Waals surface area contributed by atoms with Gasteiger partial charge in [0.1, 0.15) is 11.4 Å². The van der Waals surface area contributed by atoms with Gasteiger partial charge in [-0.05, 0) is 49.2 Å². The third-order valence-electron chi connectivity index (χ3n) is 5.37. The van der Waals surface area contributed by atoms with Crippen LogP contribution in [0, 0.1) is 0 Å². The number of hydrogen-bond donors (Lipinski definition) is 0. The van der Waals surface area contributed by atoms with Gasteiger partial charge in [-0.1, -0.05) is 24.3 Å². The van der Waals surface area contributed by atoms with Crippen molar-refractivity contribution in [1.29, 1.82) is 0 Å². The van der Waals surface area contributed by atoms with Crippen LogP contribution in [0.15, 0.2) is 106 Å². The van der Waals surface area contributed by atoms with E-state index in [1.165, 1.54) is 37.2 Å². The van der Waals surface area contributed by atoms with E-state index in [0.29, 0.717) is 22.8 Å². The van der Waals surface area contributed by atoms with Gasteiger partial charge in [0.25, 0.3) is 0 Å². The first-order valence-corrected chi connectivity index (χ1v) is 12.2. The van der Waals surface area contributed by atoms with E-state index in [1.54, 1.807) is 13.8 Å². The Morgan fingerprint density at radius 2 is 0.889 bits per heavy atom. The van der Waals surface area contributed by atoms with Crippen molar-refractivity contribution in [2.24, 2.45) is 20.4 Å². The Hall–Kier alpha value is -5.02. The SMILES string of the molecule is C/C(=N\N=C(/[O-])c1ccc(C(F)(F)F)cc1)c1cnccn1.C/C(=N\N=C(/[O-])c1ccc(C(F)(F)F)cc1)c1cnccn1.[Fe+2]. The predicted octanol–water partition coefficient (Wildman–Crippen LogP) is 4.05. The summed E-state index contributed by atoms with van der Waals surface area (Å²) in [5, 5.41) is 37.8. The molecule has 4 rings (SSSR count). The van der Waals surface area contributed by atoms with Crippen molar-refractivity contribution in [3.63, 3.8) is 0 Å². The van der Waals surface area contributed by atoms with Crippen LogP contribution in [0.3, 0.4) is 0 Å². The van der Waals surface area contributed by atoms with Crippen LogP contribution in [0.25, 0.3) is 0 Å². The summed E-state index contributed by atoms with van der Waals surface area (Å²) in [7, 11) is 0. The molecule has 0 saturated carbocycles. The summed E-state index contributed by atoms with van der Waals surface area (Å²) in [4.78, 5) is 15.7. The maximum absolute atomic E-state index is 12.4. The molecule has 10 nitrogen and oxygen atoms in total. The quantitative estimate of drug-likeness (QED) is 0.0995. The minimum absolute atomic E-state index is 0. The Balaban J connectivity index is 0.000000307. The summed E-state index contributed by atoms with van der Waals surface area (Å²) in [5.41, 5.74) is 0.0126. The summed E-state index contributed by atoms with van der Waals surface area (Å²) in [6.07, 6.45) is -0.0760. The molecule has 0 unspecified atom stereocenters. The van der Waals surface area contributed by atoms with E-state index in [9.17, 15) is 36.6 Å². The zero-order valence-electron chi connectivity index (χ0n) is 23.1. The standard InChI is InChI=1S/2C14H11F3N4O.Fe/c2*1-9(12-8-18-6-7-19-12)20-21-13(22)10-2-4-11(5-3-10)14(15,16)17;/h2*2-8H,1H3,(H,21,22);/q;;+2/p-2/b2*20-9+;. The Morgan fingerprint density at radius 3 is 1.16 bits per heavy atom. The topological polar surface area (TPSA) is 147 Å². The molecule has 0 atom stereocenters. The first-order chi connectivity index (χ1) is 20.8. The van der Waals surface area contributed by atoms with Gasteiger partial charge in [-0.2, -0.15) is 46.7 Å². The van der Waals surface area contributed by atoms with Crippen molar-refractivity contribution >= 4 is 23.2 Å². The molecule has 2 aromatic heterocycles. The smallest absolute Gasteiger partial charge is 0.857 e. The number of aromatic nitrogens is 4. The Bertz CT molecular complexity index is 1520.